The number of benzene rings is 2. The minimum Gasteiger partial charge on any atom is -0.478 e. The molecule has 0 radical (unpaired) electrons. The number of hydrogen-bond donors (Lipinski definition) is 6. The monoisotopic (exact) mass is 394 g/mol. The van der Waals surface area contributed by atoms with Crippen molar-refractivity contribution >= 4 is 46.6 Å². The van der Waals surface area contributed by atoms with Crippen LogP contribution in [-0.4, -0.2) is 47.2 Å². The molecule has 0 spiro atoms. The van der Waals surface area contributed by atoms with E-state index >= 15 is 0 Å². The molecule has 10 nitrogen and oxygen atoms in total. The van der Waals surface area contributed by atoms with Gasteiger partial charge in [0.05, 0.1) is 5.56 Å². The van der Waals surface area contributed by atoms with Crippen LogP contribution in [0.3, 0.4) is 0 Å². The highest BCUT2D eigenvalue weighted by Crippen LogP contribution is 2.23. The van der Waals surface area contributed by atoms with Crippen molar-refractivity contribution in [3.63, 3.8) is 0 Å². The van der Waals surface area contributed by atoms with E-state index in [9.17, 15) is 9.90 Å². The van der Waals surface area contributed by atoms with E-state index in [0.717, 1.165) is 11.4 Å². The lowest BCUT2D eigenvalue weighted by Gasteiger charge is -2.12. The summed E-state index contributed by atoms with van der Waals surface area (Å²) in [5, 5.41) is 24.4. The summed E-state index contributed by atoms with van der Waals surface area (Å²) in [5.74, 6) is -0.0639. The van der Waals surface area contributed by atoms with Gasteiger partial charge in [0, 0.05) is 43.9 Å². The number of aromatic carboxylic acids is 1. The fourth-order valence-electron chi connectivity index (χ4n) is 2.58. The number of carboxylic acids is 1. The first-order valence-electron chi connectivity index (χ1n) is 8.82. The van der Waals surface area contributed by atoms with Crippen LogP contribution >= 0.6 is 0 Å². The van der Waals surface area contributed by atoms with E-state index in [-0.39, 0.29) is 11.5 Å². The molecule has 3 rings (SSSR count). The van der Waals surface area contributed by atoms with Gasteiger partial charge in [0.15, 0.2) is 0 Å². The van der Waals surface area contributed by atoms with Crippen LogP contribution in [-0.2, 0) is 0 Å². The molecule has 29 heavy (non-hydrogen) atoms. The van der Waals surface area contributed by atoms with Gasteiger partial charge in [-0.15, -0.1) is 0 Å². The van der Waals surface area contributed by atoms with Gasteiger partial charge in [-0.2, -0.15) is 15.0 Å². The second-order valence-electron chi connectivity index (χ2n) is 5.99. The van der Waals surface area contributed by atoms with E-state index in [2.05, 4.69) is 41.5 Å². The first-order chi connectivity index (χ1) is 14.0. The molecule has 0 bridgehead atoms. The number of hydrogen-bond acceptors (Lipinski definition) is 9. The van der Waals surface area contributed by atoms with E-state index < -0.39 is 5.97 Å². The predicted octanol–water partition coefficient (Wildman–Crippen LogP) is 3.18. The summed E-state index contributed by atoms with van der Waals surface area (Å²) in [6.07, 6.45) is 0. The zero-order valence-corrected chi connectivity index (χ0v) is 16.2. The first kappa shape index (κ1) is 19.7. The maximum absolute atomic E-state index is 11.4. The fourth-order valence-corrected chi connectivity index (χ4v) is 2.58. The third kappa shape index (κ3) is 5.01. The highest BCUT2D eigenvalue weighted by atomic mass is 16.4. The molecule has 1 heterocycles. The molecule has 1 aromatic heterocycles. The van der Waals surface area contributed by atoms with Gasteiger partial charge in [-0.25, -0.2) is 4.79 Å². The molecule has 0 fully saturated rings. The lowest BCUT2D eigenvalue weighted by Crippen LogP contribution is -2.08. The van der Waals surface area contributed by atoms with Crippen LogP contribution < -0.4 is 26.6 Å². The highest BCUT2D eigenvalue weighted by Gasteiger charge is 2.10. The van der Waals surface area contributed by atoms with Gasteiger partial charge in [0.25, 0.3) is 0 Å². The van der Waals surface area contributed by atoms with Crippen molar-refractivity contribution in [2.45, 2.75) is 0 Å². The van der Waals surface area contributed by atoms with Crippen LogP contribution in [0.1, 0.15) is 10.4 Å². The van der Waals surface area contributed by atoms with Crippen LogP contribution in [0.2, 0.25) is 0 Å². The van der Waals surface area contributed by atoms with Gasteiger partial charge in [-0.3, -0.25) is 0 Å². The minimum absolute atomic E-state index is 0.143. The van der Waals surface area contributed by atoms with Crippen LogP contribution in [0.25, 0.3) is 0 Å². The first-order valence-corrected chi connectivity index (χ1v) is 8.82. The van der Waals surface area contributed by atoms with Crippen LogP contribution in [0.4, 0.5) is 40.6 Å². The van der Waals surface area contributed by atoms with Crippen molar-refractivity contribution in [2.75, 3.05) is 47.7 Å². The molecule has 6 N–H and O–H groups in total. The Balaban J connectivity index is 1.91. The maximum Gasteiger partial charge on any atom is 0.335 e. The second-order valence-corrected chi connectivity index (χ2v) is 5.99. The van der Waals surface area contributed by atoms with Crippen LogP contribution in [0, 0.1) is 0 Å². The second kappa shape index (κ2) is 8.74. The van der Waals surface area contributed by atoms with Crippen molar-refractivity contribution < 1.29 is 9.90 Å². The molecule has 0 aliphatic carbocycles. The number of carbonyl (C=O) groups is 1. The predicted molar refractivity (Wildman–Crippen MR) is 115 cm³/mol. The average Bonchev–Trinajstić information content (AvgIpc) is 2.73. The van der Waals surface area contributed by atoms with Gasteiger partial charge < -0.3 is 31.7 Å². The molecule has 0 saturated carbocycles. The summed E-state index contributed by atoms with van der Waals surface area (Å²) in [5.41, 5.74) is 3.08. The summed E-state index contributed by atoms with van der Waals surface area (Å²) >= 11 is 0. The van der Waals surface area contributed by atoms with Crippen molar-refractivity contribution in [2.24, 2.45) is 0 Å². The molecule has 0 unspecified atom stereocenters. The number of nitrogens with zero attached hydrogens (tertiary/aromatic N) is 3. The number of anilines is 7. The molecule has 3 aromatic rings. The third-order valence-corrected chi connectivity index (χ3v) is 3.99. The quantitative estimate of drug-likeness (QED) is 0.338. The van der Waals surface area contributed by atoms with E-state index in [1.54, 1.807) is 26.2 Å². The molecule has 0 aliphatic heterocycles. The van der Waals surface area contributed by atoms with Gasteiger partial charge in [-0.1, -0.05) is 6.07 Å². The Hall–Kier alpha value is -4.08. The summed E-state index contributed by atoms with van der Waals surface area (Å²) in [4.78, 5) is 24.3. The van der Waals surface area contributed by atoms with E-state index in [4.69, 9.17) is 0 Å². The van der Waals surface area contributed by atoms with Crippen molar-refractivity contribution in [1.82, 2.24) is 15.0 Å². The Morgan fingerprint density at radius 2 is 1.28 bits per heavy atom. The van der Waals surface area contributed by atoms with E-state index in [1.807, 2.05) is 31.3 Å². The van der Waals surface area contributed by atoms with E-state index in [1.165, 1.54) is 6.07 Å². The Kier molecular flexibility index (Phi) is 5.93. The summed E-state index contributed by atoms with van der Waals surface area (Å²) in [6, 6.07) is 12.5. The fraction of sp³-hybridized carbons (Fsp3) is 0.158. The Bertz CT molecular complexity index is 1020. The van der Waals surface area contributed by atoms with Gasteiger partial charge in [0.1, 0.15) is 0 Å². The van der Waals surface area contributed by atoms with Crippen molar-refractivity contribution in [1.29, 1.82) is 0 Å². The molecule has 0 saturated heterocycles. The zero-order valence-electron chi connectivity index (χ0n) is 16.2. The van der Waals surface area contributed by atoms with Gasteiger partial charge in [0.2, 0.25) is 17.8 Å². The Morgan fingerprint density at radius 1 is 0.724 bits per heavy atom. The lowest BCUT2D eigenvalue weighted by molar-refractivity contribution is 0.0697. The highest BCUT2D eigenvalue weighted by molar-refractivity contribution is 5.90. The van der Waals surface area contributed by atoms with Crippen LogP contribution in [0.5, 0.6) is 0 Å². The molecule has 0 aliphatic rings. The average molecular weight is 394 g/mol. The SMILES string of the molecule is CNc1cccc(Nc2nc(NC)nc(Nc3cc(NC)cc(C(=O)O)c3)n2)c1. The zero-order chi connectivity index (χ0) is 20.8. The van der Waals surface area contributed by atoms with Gasteiger partial charge in [-0.05, 0) is 36.4 Å². The van der Waals surface area contributed by atoms with Crippen LogP contribution in [0.15, 0.2) is 42.5 Å². The normalized spacial score (nSPS) is 10.2. The maximum atomic E-state index is 11.4. The number of aromatic nitrogens is 3. The molecular weight excluding hydrogens is 372 g/mol. The summed E-state index contributed by atoms with van der Waals surface area (Å²) in [6.45, 7) is 0. The van der Waals surface area contributed by atoms with Crippen molar-refractivity contribution in [3.05, 3.63) is 48.0 Å². The number of nitrogens with one attached hydrogen (secondary N) is 5. The lowest BCUT2D eigenvalue weighted by atomic mass is 10.1. The van der Waals surface area contributed by atoms with E-state index in [0.29, 0.717) is 23.3 Å². The molecule has 150 valence electrons. The summed E-state index contributed by atoms with van der Waals surface area (Å²) < 4.78 is 0. The van der Waals surface area contributed by atoms with Gasteiger partial charge >= 0.3 is 5.97 Å². The smallest absolute Gasteiger partial charge is 0.335 e. The topological polar surface area (TPSA) is 136 Å². The molecule has 0 atom stereocenters. The standard InChI is InChI=1S/C19H22N8O2/c1-20-12-5-4-6-13(9-12)23-18-25-17(22-3)26-19(27-18)24-15-8-11(16(28)29)7-14(10-15)21-2/h4-10,20-21H,1-3H3,(H,28,29)(H3,22,23,24,25,26,27). The molecule has 0 amide bonds. The molecular formula is C19H22N8O2. The largest absolute Gasteiger partial charge is 0.478 e. The third-order valence-electron chi connectivity index (χ3n) is 3.99. The Morgan fingerprint density at radius 3 is 1.90 bits per heavy atom. The number of carboxylic acid groups (broad SMARTS) is 1. The molecule has 2 aromatic carbocycles. The summed E-state index contributed by atoms with van der Waals surface area (Å²) in [7, 11) is 5.26. The minimum atomic E-state index is -1.02. The Labute approximate surface area is 167 Å². The number of rotatable bonds is 8. The van der Waals surface area contributed by atoms with Crippen molar-refractivity contribution in [3.8, 4) is 0 Å². The molecule has 10 heteroatoms.